The minimum atomic E-state index is -0.675. The molecule has 160 valence electrons. The van der Waals surface area contributed by atoms with Crippen LogP contribution in [0.15, 0.2) is 54.7 Å². The third-order valence-electron chi connectivity index (χ3n) is 4.90. The molecular formula is C23H25N5O3. The Bertz CT molecular complexity index is 1100. The highest BCUT2D eigenvalue weighted by Gasteiger charge is 2.25. The van der Waals surface area contributed by atoms with Crippen LogP contribution in [0.4, 0.5) is 11.5 Å². The first-order valence-electron chi connectivity index (χ1n) is 9.74. The van der Waals surface area contributed by atoms with Crippen molar-refractivity contribution in [3.05, 3.63) is 66.0 Å². The fourth-order valence-electron chi connectivity index (χ4n) is 3.25. The number of carbonyl (C=O) groups excluding carboxylic acids is 2. The number of nitrogens with zero attached hydrogens (tertiary/aromatic N) is 4. The van der Waals surface area contributed by atoms with Crippen LogP contribution in [0.25, 0.3) is 11.1 Å². The minimum absolute atomic E-state index is 0.0860. The molecular weight excluding hydrogens is 394 g/mol. The second kappa shape index (κ2) is 9.25. The summed E-state index contributed by atoms with van der Waals surface area (Å²) in [6.45, 7) is 1.74. The molecule has 2 aromatic heterocycles. The number of aldehydes is 1. The third-order valence-corrected chi connectivity index (χ3v) is 4.90. The van der Waals surface area contributed by atoms with Gasteiger partial charge in [-0.3, -0.25) is 4.79 Å². The molecule has 2 heterocycles. The standard InChI is InChI=1S/C23H25N5O3/c1-15(14-29)28(13-18-5-4-6-22(30)26-18)23(31)19-8-7-16(11-20(19)27(2)3)17-9-10-25-21(24)12-17/h4-12,14-15H,13H2,1-3H3,(H2,24,25)(H,26,30)/t15-/m1/s1. The lowest BCUT2D eigenvalue weighted by Gasteiger charge is -2.28. The maximum absolute atomic E-state index is 13.5. The number of aromatic hydroxyl groups is 1. The van der Waals surface area contributed by atoms with Gasteiger partial charge >= 0.3 is 0 Å². The van der Waals surface area contributed by atoms with Gasteiger partial charge in [-0.15, -0.1) is 0 Å². The summed E-state index contributed by atoms with van der Waals surface area (Å²) >= 11 is 0. The maximum Gasteiger partial charge on any atom is 0.256 e. The number of carbonyl (C=O) groups is 2. The quantitative estimate of drug-likeness (QED) is 0.566. The lowest BCUT2D eigenvalue weighted by molar-refractivity contribution is -0.111. The number of aromatic nitrogens is 2. The molecule has 0 aliphatic carbocycles. The fourth-order valence-corrected chi connectivity index (χ4v) is 3.25. The van der Waals surface area contributed by atoms with Crippen LogP contribution in [0, 0.1) is 0 Å². The molecule has 8 heteroatoms. The minimum Gasteiger partial charge on any atom is -0.493 e. The van der Waals surface area contributed by atoms with Gasteiger partial charge in [-0.2, -0.15) is 0 Å². The Morgan fingerprint density at radius 1 is 1.16 bits per heavy atom. The second-order valence-corrected chi connectivity index (χ2v) is 7.39. The van der Waals surface area contributed by atoms with Crippen LogP contribution in [0.2, 0.25) is 0 Å². The highest BCUT2D eigenvalue weighted by molar-refractivity contribution is 6.01. The van der Waals surface area contributed by atoms with Crippen molar-refractivity contribution in [1.82, 2.24) is 14.9 Å². The van der Waals surface area contributed by atoms with E-state index >= 15 is 0 Å². The van der Waals surface area contributed by atoms with Gasteiger partial charge in [0.25, 0.3) is 5.91 Å². The molecule has 0 radical (unpaired) electrons. The van der Waals surface area contributed by atoms with E-state index in [1.807, 2.05) is 37.2 Å². The van der Waals surface area contributed by atoms with Gasteiger partial charge in [0.15, 0.2) is 0 Å². The Morgan fingerprint density at radius 2 is 1.90 bits per heavy atom. The zero-order valence-corrected chi connectivity index (χ0v) is 17.7. The van der Waals surface area contributed by atoms with E-state index in [1.54, 1.807) is 37.4 Å². The SMILES string of the molecule is C[C@H](C=O)N(Cc1cccc(O)n1)C(=O)c1ccc(-c2ccnc(N)c2)cc1N(C)C. The van der Waals surface area contributed by atoms with E-state index in [0.29, 0.717) is 29.0 Å². The number of amides is 1. The predicted molar refractivity (Wildman–Crippen MR) is 120 cm³/mol. The number of nitrogens with two attached hydrogens (primary N) is 1. The number of rotatable bonds is 7. The molecule has 0 fully saturated rings. The van der Waals surface area contributed by atoms with Gasteiger partial charge in [-0.1, -0.05) is 12.1 Å². The summed E-state index contributed by atoms with van der Waals surface area (Å²) in [5.41, 5.74) is 9.21. The number of benzene rings is 1. The van der Waals surface area contributed by atoms with Crippen molar-refractivity contribution in [2.75, 3.05) is 24.7 Å². The largest absolute Gasteiger partial charge is 0.493 e. The fraction of sp³-hybridized carbons (Fsp3) is 0.217. The van der Waals surface area contributed by atoms with Gasteiger partial charge in [0.1, 0.15) is 12.1 Å². The first-order valence-corrected chi connectivity index (χ1v) is 9.74. The van der Waals surface area contributed by atoms with Gasteiger partial charge < -0.3 is 25.4 Å². The molecule has 1 atom stereocenters. The van der Waals surface area contributed by atoms with Gasteiger partial charge in [-0.05, 0) is 48.4 Å². The zero-order valence-electron chi connectivity index (χ0n) is 17.7. The first kappa shape index (κ1) is 21.8. The summed E-state index contributed by atoms with van der Waals surface area (Å²) in [6, 6.07) is 13.2. The molecule has 1 aromatic carbocycles. The van der Waals surface area contributed by atoms with E-state index in [9.17, 15) is 14.7 Å². The molecule has 8 nitrogen and oxygen atoms in total. The number of anilines is 2. The Balaban J connectivity index is 2.01. The second-order valence-electron chi connectivity index (χ2n) is 7.39. The predicted octanol–water partition coefficient (Wildman–Crippen LogP) is 2.73. The summed E-state index contributed by atoms with van der Waals surface area (Å²) in [5, 5.41) is 9.65. The molecule has 0 saturated heterocycles. The Labute approximate surface area is 181 Å². The highest BCUT2D eigenvalue weighted by atomic mass is 16.3. The van der Waals surface area contributed by atoms with Gasteiger partial charge in [-0.25, -0.2) is 9.97 Å². The van der Waals surface area contributed by atoms with Crippen molar-refractivity contribution in [1.29, 1.82) is 0 Å². The average molecular weight is 419 g/mol. The van der Waals surface area contributed by atoms with Crippen LogP contribution >= 0.6 is 0 Å². The molecule has 0 bridgehead atoms. The van der Waals surface area contributed by atoms with E-state index in [2.05, 4.69) is 9.97 Å². The normalized spacial score (nSPS) is 11.6. The van der Waals surface area contributed by atoms with Crippen LogP contribution in [0.3, 0.4) is 0 Å². The van der Waals surface area contributed by atoms with E-state index in [0.717, 1.165) is 11.1 Å². The molecule has 3 aromatic rings. The maximum atomic E-state index is 13.5. The monoisotopic (exact) mass is 419 g/mol. The van der Waals surface area contributed by atoms with Crippen LogP contribution in [-0.2, 0) is 11.3 Å². The zero-order chi connectivity index (χ0) is 22.5. The topological polar surface area (TPSA) is 113 Å². The number of nitrogen functional groups attached to an aromatic ring is 1. The molecule has 0 aliphatic rings. The Morgan fingerprint density at radius 3 is 2.55 bits per heavy atom. The van der Waals surface area contributed by atoms with Crippen LogP contribution in [-0.4, -0.2) is 52.3 Å². The molecule has 3 rings (SSSR count). The number of hydrogen-bond donors (Lipinski definition) is 2. The summed E-state index contributed by atoms with van der Waals surface area (Å²) < 4.78 is 0. The molecule has 31 heavy (non-hydrogen) atoms. The summed E-state index contributed by atoms with van der Waals surface area (Å²) in [4.78, 5) is 36.4. The van der Waals surface area contributed by atoms with E-state index in [4.69, 9.17) is 5.73 Å². The summed E-state index contributed by atoms with van der Waals surface area (Å²) in [5.74, 6) is -0.0403. The number of pyridine rings is 2. The summed E-state index contributed by atoms with van der Waals surface area (Å²) in [7, 11) is 3.70. The smallest absolute Gasteiger partial charge is 0.256 e. The average Bonchev–Trinajstić information content (AvgIpc) is 2.76. The van der Waals surface area contributed by atoms with Crippen molar-refractivity contribution < 1.29 is 14.7 Å². The third kappa shape index (κ3) is 4.98. The Hall–Kier alpha value is -3.94. The van der Waals surface area contributed by atoms with Crippen molar-refractivity contribution in [2.45, 2.75) is 19.5 Å². The van der Waals surface area contributed by atoms with E-state index in [1.165, 1.54) is 11.0 Å². The lowest BCUT2D eigenvalue weighted by Crippen LogP contribution is -2.39. The van der Waals surface area contributed by atoms with E-state index in [-0.39, 0.29) is 18.3 Å². The molecule has 0 aliphatic heterocycles. The molecule has 3 N–H and O–H groups in total. The molecule has 0 unspecified atom stereocenters. The molecule has 0 saturated carbocycles. The van der Waals surface area contributed by atoms with Crippen molar-refractivity contribution in [3.63, 3.8) is 0 Å². The summed E-state index contributed by atoms with van der Waals surface area (Å²) in [6.07, 6.45) is 2.35. The Kier molecular flexibility index (Phi) is 6.49. The highest BCUT2D eigenvalue weighted by Crippen LogP contribution is 2.29. The van der Waals surface area contributed by atoms with Crippen molar-refractivity contribution in [3.8, 4) is 17.0 Å². The van der Waals surface area contributed by atoms with Crippen molar-refractivity contribution in [2.24, 2.45) is 0 Å². The molecule has 0 spiro atoms. The first-order chi connectivity index (χ1) is 14.8. The van der Waals surface area contributed by atoms with Crippen LogP contribution < -0.4 is 10.6 Å². The number of hydrogen-bond acceptors (Lipinski definition) is 7. The van der Waals surface area contributed by atoms with Gasteiger partial charge in [0.2, 0.25) is 5.88 Å². The van der Waals surface area contributed by atoms with E-state index < -0.39 is 6.04 Å². The van der Waals surface area contributed by atoms with Gasteiger partial charge in [0, 0.05) is 32.0 Å². The molecule has 1 amide bonds. The lowest BCUT2D eigenvalue weighted by atomic mass is 10.0. The van der Waals surface area contributed by atoms with Crippen LogP contribution in [0.5, 0.6) is 5.88 Å². The van der Waals surface area contributed by atoms with Crippen molar-refractivity contribution >= 4 is 23.7 Å². The van der Waals surface area contributed by atoms with Crippen LogP contribution in [0.1, 0.15) is 23.0 Å². The van der Waals surface area contributed by atoms with Gasteiger partial charge in [0.05, 0.1) is 23.8 Å².